The summed E-state index contributed by atoms with van der Waals surface area (Å²) >= 11 is 0. The zero-order valence-electron chi connectivity index (χ0n) is 5.02. The number of allylic oxidation sites excluding steroid dienone is 2. The summed E-state index contributed by atoms with van der Waals surface area (Å²) in [7, 11) is 0. The van der Waals surface area contributed by atoms with Gasteiger partial charge in [0.1, 0.15) is 0 Å². The first-order valence-electron chi connectivity index (χ1n) is 2.97. The van der Waals surface area contributed by atoms with Crippen molar-refractivity contribution in [1.29, 1.82) is 0 Å². The molecule has 0 aliphatic heterocycles. The second kappa shape index (κ2) is 1.69. The monoisotopic (exact) mass is 96.1 g/mol. The van der Waals surface area contributed by atoms with E-state index in [0.717, 1.165) is 11.8 Å². The quantitative estimate of drug-likeness (QED) is 0.439. The van der Waals surface area contributed by atoms with Crippen LogP contribution in [0.4, 0.5) is 0 Å². The van der Waals surface area contributed by atoms with Gasteiger partial charge < -0.3 is 0 Å². The largest absolute Gasteiger partial charge is 0.0914 e. The van der Waals surface area contributed by atoms with Crippen molar-refractivity contribution >= 4 is 0 Å². The maximum atomic E-state index is 2.30. The van der Waals surface area contributed by atoms with E-state index >= 15 is 0 Å². The Morgan fingerprint density at radius 3 is 2.29 bits per heavy atom. The lowest BCUT2D eigenvalue weighted by Crippen LogP contribution is -1.64. The molecule has 0 radical (unpaired) electrons. The summed E-state index contributed by atoms with van der Waals surface area (Å²) in [6.45, 7) is 4.38. The van der Waals surface area contributed by atoms with Crippen molar-refractivity contribution in [3.8, 4) is 0 Å². The number of hydrogen-bond donors (Lipinski definition) is 0. The Balaban J connectivity index is 2.21. The molecule has 0 saturated heterocycles. The van der Waals surface area contributed by atoms with Gasteiger partial charge in [-0.2, -0.15) is 0 Å². The minimum Gasteiger partial charge on any atom is -0.0914 e. The fraction of sp³-hybridized carbons (Fsp3) is 0.714. The van der Waals surface area contributed by atoms with Gasteiger partial charge in [0.25, 0.3) is 0 Å². The zero-order chi connectivity index (χ0) is 5.28. The Hall–Kier alpha value is -0.260. The second-order valence-electron chi connectivity index (χ2n) is 2.40. The van der Waals surface area contributed by atoms with Crippen molar-refractivity contribution in [2.75, 3.05) is 0 Å². The summed E-state index contributed by atoms with van der Waals surface area (Å²) in [5.41, 5.74) is 0. The van der Waals surface area contributed by atoms with Gasteiger partial charge in [-0.25, -0.2) is 0 Å². The van der Waals surface area contributed by atoms with Gasteiger partial charge in [-0.15, -0.1) is 0 Å². The van der Waals surface area contributed by atoms with Crippen LogP contribution in [-0.2, 0) is 0 Å². The van der Waals surface area contributed by atoms with Gasteiger partial charge >= 0.3 is 0 Å². The summed E-state index contributed by atoms with van der Waals surface area (Å²) in [4.78, 5) is 0. The predicted molar refractivity (Wildman–Crippen MR) is 32.1 cm³/mol. The molecule has 1 fully saturated rings. The Morgan fingerprint density at radius 1 is 1.57 bits per heavy atom. The van der Waals surface area contributed by atoms with E-state index in [0.29, 0.717) is 0 Å². The van der Waals surface area contributed by atoms with Crippen LogP contribution < -0.4 is 0 Å². The third-order valence-electron chi connectivity index (χ3n) is 1.61. The minimum absolute atomic E-state index is 0.935. The van der Waals surface area contributed by atoms with E-state index in [1.807, 2.05) is 0 Å². The van der Waals surface area contributed by atoms with Crippen LogP contribution >= 0.6 is 0 Å². The lowest BCUT2D eigenvalue weighted by molar-refractivity contribution is 0.898. The Bertz CT molecular complexity index is 82.0. The average Bonchev–Trinajstić information content (AvgIpc) is 2.22. The molecule has 0 aromatic rings. The van der Waals surface area contributed by atoms with Crippen LogP contribution in [0, 0.1) is 11.8 Å². The van der Waals surface area contributed by atoms with E-state index in [1.54, 1.807) is 0 Å². The molecular weight excluding hydrogens is 84.1 g/mol. The van der Waals surface area contributed by atoms with Crippen LogP contribution in [-0.4, -0.2) is 0 Å². The molecular formula is C7H12. The van der Waals surface area contributed by atoms with E-state index in [2.05, 4.69) is 26.0 Å². The van der Waals surface area contributed by atoms with Crippen LogP contribution in [0.25, 0.3) is 0 Å². The van der Waals surface area contributed by atoms with E-state index < -0.39 is 0 Å². The van der Waals surface area contributed by atoms with Crippen LogP contribution in [0.1, 0.15) is 20.3 Å². The van der Waals surface area contributed by atoms with Gasteiger partial charge in [0, 0.05) is 0 Å². The topological polar surface area (TPSA) is 0 Å². The highest BCUT2D eigenvalue weighted by molar-refractivity contribution is 4.98. The van der Waals surface area contributed by atoms with Crippen molar-refractivity contribution in [2.24, 2.45) is 11.8 Å². The molecule has 0 aromatic carbocycles. The van der Waals surface area contributed by atoms with Crippen LogP contribution in [0.2, 0.25) is 0 Å². The molecule has 0 bridgehead atoms. The Labute approximate surface area is 45.2 Å². The smallest absolute Gasteiger partial charge is 0.0205 e. The molecule has 1 saturated carbocycles. The normalized spacial score (nSPS) is 39.7. The fourth-order valence-corrected chi connectivity index (χ4v) is 0.866. The molecule has 0 aromatic heterocycles. The van der Waals surface area contributed by atoms with Gasteiger partial charge in [-0.1, -0.05) is 19.1 Å². The van der Waals surface area contributed by atoms with Gasteiger partial charge in [0.2, 0.25) is 0 Å². The molecule has 2 atom stereocenters. The minimum atomic E-state index is 0.935. The van der Waals surface area contributed by atoms with E-state index in [1.165, 1.54) is 6.42 Å². The first kappa shape index (κ1) is 4.89. The summed E-state index contributed by atoms with van der Waals surface area (Å²) in [5, 5.41) is 0. The molecule has 2 unspecified atom stereocenters. The summed E-state index contributed by atoms with van der Waals surface area (Å²) in [6, 6.07) is 0. The lowest BCUT2D eigenvalue weighted by atomic mass is 10.3. The molecule has 0 heteroatoms. The first-order valence-corrected chi connectivity index (χ1v) is 2.97. The van der Waals surface area contributed by atoms with E-state index in [4.69, 9.17) is 0 Å². The third-order valence-corrected chi connectivity index (χ3v) is 1.61. The molecule has 0 heterocycles. The summed E-state index contributed by atoms with van der Waals surface area (Å²) in [6.07, 6.45) is 5.86. The first-order chi connectivity index (χ1) is 3.34. The number of rotatable bonds is 1. The number of hydrogen-bond acceptors (Lipinski definition) is 0. The maximum absolute atomic E-state index is 2.30. The van der Waals surface area contributed by atoms with Crippen LogP contribution in [0.3, 0.4) is 0 Å². The highest BCUT2D eigenvalue weighted by Gasteiger charge is 2.28. The van der Waals surface area contributed by atoms with Crippen molar-refractivity contribution < 1.29 is 0 Å². The third kappa shape index (κ3) is 1.05. The van der Waals surface area contributed by atoms with Gasteiger partial charge in [-0.05, 0) is 25.2 Å². The molecule has 0 amide bonds. The molecule has 7 heavy (non-hydrogen) atoms. The molecule has 1 aliphatic carbocycles. The SMILES string of the molecule is C/C=C/C1CC1C. The molecule has 1 aliphatic rings. The van der Waals surface area contributed by atoms with Crippen molar-refractivity contribution in [3.05, 3.63) is 12.2 Å². The van der Waals surface area contributed by atoms with Crippen molar-refractivity contribution in [1.82, 2.24) is 0 Å². The predicted octanol–water partition coefficient (Wildman–Crippen LogP) is 2.22. The summed E-state index contributed by atoms with van der Waals surface area (Å²) in [5.74, 6) is 1.92. The van der Waals surface area contributed by atoms with Crippen molar-refractivity contribution in [3.63, 3.8) is 0 Å². The van der Waals surface area contributed by atoms with Gasteiger partial charge in [-0.3, -0.25) is 0 Å². The standard InChI is InChI=1S/C7H12/c1-3-4-7-5-6(7)2/h3-4,6-7H,5H2,1-2H3/b4-3+. The fourth-order valence-electron chi connectivity index (χ4n) is 0.866. The van der Waals surface area contributed by atoms with E-state index in [-0.39, 0.29) is 0 Å². The molecule has 0 spiro atoms. The van der Waals surface area contributed by atoms with Crippen LogP contribution in [0.15, 0.2) is 12.2 Å². The van der Waals surface area contributed by atoms with Gasteiger partial charge in [0.05, 0.1) is 0 Å². The zero-order valence-corrected chi connectivity index (χ0v) is 5.02. The molecule has 0 nitrogen and oxygen atoms in total. The Morgan fingerprint density at radius 2 is 2.14 bits per heavy atom. The maximum Gasteiger partial charge on any atom is -0.0205 e. The van der Waals surface area contributed by atoms with Gasteiger partial charge in [0.15, 0.2) is 0 Å². The lowest BCUT2D eigenvalue weighted by Gasteiger charge is -1.75. The average molecular weight is 96.2 g/mol. The molecule has 40 valence electrons. The highest BCUT2D eigenvalue weighted by atomic mass is 14.3. The van der Waals surface area contributed by atoms with Crippen molar-refractivity contribution in [2.45, 2.75) is 20.3 Å². The Kier molecular flexibility index (Phi) is 1.18. The summed E-state index contributed by atoms with van der Waals surface area (Å²) < 4.78 is 0. The van der Waals surface area contributed by atoms with Crippen LogP contribution in [0.5, 0.6) is 0 Å². The highest BCUT2D eigenvalue weighted by Crippen LogP contribution is 2.38. The second-order valence-corrected chi connectivity index (χ2v) is 2.40. The van der Waals surface area contributed by atoms with E-state index in [9.17, 15) is 0 Å². The molecule has 1 rings (SSSR count). The molecule has 0 N–H and O–H groups in total.